The van der Waals surface area contributed by atoms with Gasteiger partial charge in [0.1, 0.15) is 5.75 Å². The molecule has 0 saturated heterocycles. The van der Waals surface area contributed by atoms with Crippen molar-refractivity contribution in [2.24, 2.45) is 5.73 Å². The fraction of sp³-hybridized carbons (Fsp3) is 0.556. The summed E-state index contributed by atoms with van der Waals surface area (Å²) >= 11 is 0. The van der Waals surface area contributed by atoms with Crippen molar-refractivity contribution >= 4 is 11.9 Å². The van der Waals surface area contributed by atoms with Crippen LogP contribution in [0.1, 0.15) is 63.5 Å². The number of esters is 1. The van der Waals surface area contributed by atoms with Gasteiger partial charge >= 0.3 is 18.1 Å². The van der Waals surface area contributed by atoms with E-state index in [1.807, 2.05) is 18.2 Å². The number of ether oxygens (including phenoxy) is 1. The average molecular weight is 377 g/mol. The Morgan fingerprint density at radius 2 is 1.54 bits per heavy atom. The Balaban J connectivity index is 0.000000758. The number of aliphatic carboxylic acids is 1. The van der Waals surface area contributed by atoms with Crippen molar-refractivity contribution in [3.05, 3.63) is 29.3 Å². The first kappa shape index (κ1) is 23.9. The third-order valence-electron chi connectivity index (χ3n) is 3.36. The summed E-state index contributed by atoms with van der Waals surface area (Å²) in [5.74, 6) is -1.55. The molecule has 0 saturated carbocycles. The van der Waals surface area contributed by atoms with Crippen LogP contribution < -0.4 is 10.5 Å². The minimum absolute atomic E-state index is 0.194. The van der Waals surface area contributed by atoms with Crippen molar-refractivity contribution in [1.82, 2.24) is 0 Å². The van der Waals surface area contributed by atoms with E-state index in [0.717, 1.165) is 16.9 Å². The molecule has 0 spiro atoms. The fourth-order valence-electron chi connectivity index (χ4n) is 2.01. The van der Waals surface area contributed by atoms with E-state index in [1.54, 1.807) is 0 Å². The maximum absolute atomic E-state index is 11.8. The molecule has 0 aliphatic heterocycles. The van der Waals surface area contributed by atoms with Crippen LogP contribution in [0.25, 0.3) is 0 Å². The van der Waals surface area contributed by atoms with E-state index < -0.39 is 12.1 Å². The average Bonchev–Trinajstić information content (AvgIpc) is 2.52. The summed E-state index contributed by atoms with van der Waals surface area (Å²) in [7, 11) is 0. The Hall–Kier alpha value is -2.09. The van der Waals surface area contributed by atoms with Crippen LogP contribution in [0, 0.1) is 0 Å². The number of carbonyl (C=O) groups is 2. The van der Waals surface area contributed by atoms with Gasteiger partial charge in [-0.25, -0.2) is 4.79 Å². The highest BCUT2D eigenvalue weighted by molar-refractivity contribution is 5.73. The maximum Gasteiger partial charge on any atom is 0.490 e. The first-order valence-electron chi connectivity index (χ1n) is 8.25. The molecule has 0 aliphatic carbocycles. The molecule has 0 bridgehead atoms. The van der Waals surface area contributed by atoms with Crippen molar-refractivity contribution < 1.29 is 32.6 Å². The number of nitrogens with two attached hydrogens (primary N) is 1. The lowest BCUT2D eigenvalue weighted by molar-refractivity contribution is -0.192. The predicted octanol–water partition coefficient (Wildman–Crippen LogP) is 4.21. The molecule has 148 valence electrons. The molecule has 0 heterocycles. The van der Waals surface area contributed by atoms with Crippen LogP contribution in [0.3, 0.4) is 0 Å². The smallest absolute Gasteiger partial charge is 0.475 e. The van der Waals surface area contributed by atoms with E-state index in [0.29, 0.717) is 31.2 Å². The molecular weight excluding hydrogens is 351 g/mol. The van der Waals surface area contributed by atoms with E-state index in [-0.39, 0.29) is 5.97 Å². The second-order valence-electron chi connectivity index (χ2n) is 6.24. The van der Waals surface area contributed by atoms with Crippen LogP contribution in [0.15, 0.2) is 18.2 Å². The Bertz CT molecular complexity index is 572. The summed E-state index contributed by atoms with van der Waals surface area (Å²) in [4.78, 5) is 20.7. The van der Waals surface area contributed by atoms with E-state index in [4.69, 9.17) is 20.4 Å². The molecule has 0 unspecified atom stereocenters. The molecule has 0 atom stereocenters. The highest BCUT2D eigenvalue weighted by atomic mass is 19.4. The van der Waals surface area contributed by atoms with E-state index in [1.165, 1.54) is 0 Å². The Kier molecular flexibility index (Phi) is 9.93. The zero-order chi connectivity index (χ0) is 20.5. The minimum atomic E-state index is -5.08. The van der Waals surface area contributed by atoms with E-state index in [2.05, 4.69) is 27.7 Å². The van der Waals surface area contributed by atoms with Crippen LogP contribution >= 0.6 is 0 Å². The highest BCUT2D eigenvalue weighted by Crippen LogP contribution is 2.34. The van der Waals surface area contributed by atoms with Gasteiger partial charge in [-0.15, -0.1) is 0 Å². The molecule has 0 radical (unpaired) electrons. The lowest BCUT2D eigenvalue weighted by atomic mass is 9.94. The first-order valence-corrected chi connectivity index (χ1v) is 8.25. The second kappa shape index (κ2) is 10.8. The monoisotopic (exact) mass is 377 g/mol. The van der Waals surface area contributed by atoms with Gasteiger partial charge in [-0.05, 0) is 35.9 Å². The van der Waals surface area contributed by atoms with Gasteiger partial charge in [0.15, 0.2) is 0 Å². The number of para-hydroxylation sites is 1. The predicted molar refractivity (Wildman–Crippen MR) is 92.2 cm³/mol. The molecule has 8 heteroatoms. The van der Waals surface area contributed by atoms with Crippen molar-refractivity contribution in [3.8, 4) is 5.75 Å². The SMILES string of the molecule is CC(C)c1cccc(C(C)C)c1OC(=O)CCCN.O=C(O)C(F)(F)F. The van der Waals surface area contributed by atoms with Gasteiger partial charge in [-0.3, -0.25) is 4.79 Å². The molecule has 3 N–H and O–H groups in total. The lowest BCUT2D eigenvalue weighted by Crippen LogP contribution is -2.21. The largest absolute Gasteiger partial charge is 0.490 e. The zero-order valence-electron chi connectivity index (χ0n) is 15.4. The van der Waals surface area contributed by atoms with Gasteiger partial charge in [-0.2, -0.15) is 13.2 Å². The van der Waals surface area contributed by atoms with Crippen LogP contribution in [0.5, 0.6) is 5.75 Å². The zero-order valence-corrected chi connectivity index (χ0v) is 15.4. The summed E-state index contributed by atoms with van der Waals surface area (Å²) < 4.78 is 37.3. The lowest BCUT2D eigenvalue weighted by Gasteiger charge is -2.18. The third kappa shape index (κ3) is 8.33. The Morgan fingerprint density at radius 3 is 1.85 bits per heavy atom. The summed E-state index contributed by atoms with van der Waals surface area (Å²) in [6.45, 7) is 8.94. The summed E-state index contributed by atoms with van der Waals surface area (Å²) in [6.07, 6.45) is -4.04. The standard InChI is InChI=1S/C16H25NO2.C2HF3O2/c1-11(2)13-7-5-8-14(12(3)4)16(13)19-15(18)9-6-10-17;3-2(4,5)1(6)7/h5,7-8,11-12H,6,9-10,17H2,1-4H3;(H,6,7). The number of alkyl halides is 3. The van der Waals surface area contributed by atoms with E-state index >= 15 is 0 Å². The van der Waals surface area contributed by atoms with Gasteiger partial charge in [0, 0.05) is 6.42 Å². The van der Waals surface area contributed by atoms with Crippen molar-refractivity contribution in [3.63, 3.8) is 0 Å². The van der Waals surface area contributed by atoms with Crippen LogP contribution in [-0.4, -0.2) is 29.8 Å². The minimum Gasteiger partial charge on any atom is -0.475 e. The van der Waals surface area contributed by atoms with Gasteiger partial charge in [-0.1, -0.05) is 45.9 Å². The first-order chi connectivity index (χ1) is 11.9. The van der Waals surface area contributed by atoms with Gasteiger partial charge in [0.05, 0.1) is 0 Å². The fourth-order valence-corrected chi connectivity index (χ4v) is 2.01. The highest BCUT2D eigenvalue weighted by Gasteiger charge is 2.38. The third-order valence-corrected chi connectivity index (χ3v) is 3.36. The molecule has 5 nitrogen and oxygen atoms in total. The maximum atomic E-state index is 11.8. The van der Waals surface area contributed by atoms with Crippen LogP contribution in [0.4, 0.5) is 13.2 Å². The van der Waals surface area contributed by atoms with Crippen LogP contribution in [-0.2, 0) is 9.59 Å². The number of rotatable bonds is 6. The van der Waals surface area contributed by atoms with Crippen molar-refractivity contribution in [2.75, 3.05) is 6.54 Å². The van der Waals surface area contributed by atoms with E-state index in [9.17, 15) is 18.0 Å². The number of carbonyl (C=O) groups excluding carboxylic acids is 1. The summed E-state index contributed by atoms with van der Waals surface area (Å²) in [5.41, 5.74) is 7.60. The normalized spacial score (nSPS) is 11.2. The molecular formula is C18H26F3NO4. The number of hydrogen-bond donors (Lipinski definition) is 2. The van der Waals surface area contributed by atoms with Gasteiger partial charge in [0.2, 0.25) is 0 Å². The Morgan fingerprint density at radius 1 is 1.12 bits per heavy atom. The molecule has 0 fully saturated rings. The number of hydrogen-bond acceptors (Lipinski definition) is 4. The molecule has 0 aromatic heterocycles. The molecule has 0 aliphatic rings. The number of benzene rings is 1. The molecule has 26 heavy (non-hydrogen) atoms. The Labute approximate surface area is 151 Å². The molecule has 1 aromatic carbocycles. The summed E-state index contributed by atoms with van der Waals surface area (Å²) in [5, 5.41) is 7.12. The van der Waals surface area contributed by atoms with Crippen molar-refractivity contribution in [2.45, 2.75) is 58.5 Å². The molecule has 1 rings (SSSR count). The molecule has 0 amide bonds. The van der Waals surface area contributed by atoms with Crippen LogP contribution in [0.2, 0.25) is 0 Å². The second-order valence-corrected chi connectivity index (χ2v) is 6.24. The van der Waals surface area contributed by atoms with Gasteiger partial charge < -0.3 is 15.6 Å². The summed E-state index contributed by atoms with van der Waals surface area (Å²) in [6, 6.07) is 6.09. The van der Waals surface area contributed by atoms with Gasteiger partial charge in [0.25, 0.3) is 0 Å². The molecule has 1 aromatic rings. The number of halogens is 3. The van der Waals surface area contributed by atoms with Crippen molar-refractivity contribution in [1.29, 1.82) is 0 Å². The quantitative estimate of drug-likeness (QED) is 0.572. The number of carboxylic acid groups (broad SMARTS) is 1. The topological polar surface area (TPSA) is 89.6 Å². The number of carboxylic acids is 1.